The number of ether oxygens (including phenoxy) is 2. The van der Waals surface area contributed by atoms with Crippen molar-refractivity contribution >= 4 is 33.8 Å². The van der Waals surface area contributed by atoms with Gasteiger partial charge in [0.1, 0.15) is 16.5 Å². The number of carbonyl (C=O) groups is 2. The van der Waals surface area contributed by atoms with Gasteiger partial charge in [0, 0.05) is 10.6 Å². The summed E-state index contributed by atoms with van der Waals surface area (Å²) in [6.45, 7) is 6.66. The molecule has 2 N–H and O–H groups in total. The van der Waals surface area contributed by atoms with Crippen molar-refractivity contribution < 1.29 is 19.1 Å². The standard InChI is InChI=1S/C28H32N2O4S/c1-28(2,3)18-10-15-22-23(16-18)35-27(30-24(31)17-34-21-8-6-5-7-9-21)25(22)26(32)29-19-11-13-20(33-4)14-12-19/h5-9,11-14,18H,10,15-17H2,1-4H3,(H,29,32)(H,30,31). The molecule has 35 heavy (non-hydrogen) atoms. The highest BCUT2D eigenvalue weighted by Crippen LogP contribution is 2.44. The minimum atomic E-state index is -0.293. The molecule has 1 aliphatic rings. The van der Waals surface area contributed by atoms with Gasteiger partial charge in [0.15, 0.2) is 6.61 Å². The highest BCUT2D eigenvalue weighted by Gasteiger charge is 2.34. The van der Waals surface area contributed by atoms with Crippen LogP contribution in [0.15, 0.2) is 54.6 Å². The van der Waals surface area contributed by atoms with E-state index in [4.69, 9.17) is 9.47 Å². The lowest BCUT2D eigenvalue weighted by Gasteiger charge is -2.33. The Morgan fingerprint density at radius 1 is 1.00 bits per heavy atom. The number of amides is 2. The summed E-state index contributed by atoms with van der Waals surface area (Å²) in [5, 5.41) is 6.52. The topological polar surface area (TPSA) is 76.7 Å². The molecule has 1 atom stereocenters. The van der Waals surface area contributed by atoms with E-state index >= 15 is 0 Å². The zero-order valence-electron chi connectivity index (χ0n) is 20.6. The number of methoxy groups -OCH3 is 1. The molecule has 0 aliphatic heterocycles. The number of rotatable bonds is 7. The third-order valence-electron chi connectivity index (χ3n) is 6.43. The van der Waals surface area contributed by atoms with E-state index in [0.717, 1.165) is 30.6 Å². The van der Waals surface area contributed by atoms with Crippen molar-refractivity contribution in [1.82, 2.24) is 0 Å². The summed E-state index contributed by atoms with van der Waals surface area (Å²) in [5.74, 6) is 1.35. The van der Waals surface area contributed by atoms with Gasteiger partial charge in [0.2, 0.25) is 0 Å². The molecule has 0 fully saturated rings. The molecule has 1 aliphatic carbocycles. The molecule has 2 amide bonds. The fourth-order valence-corrected chi connectivity index (χ4v) is 5.69. The Balaban J connectivity index is 1.57. The van der Waals surface area contributed by atoms with Gasteiger partial charge in [0.25, 0.3) is 11.8 Å². The van der Waals surface area contributed by atoms with Crippen LogP contribution in [0.4, 0.5) is 10.7 Å². The van der Waals surface area contributed by atoms with Gasteiger partial charge in [0.05, 0.1) is 12.7 Å². The quantitative estimate of drug-likeness (QED) is 0.413. The smallest absolute Gasteiger partial charge is 0.262 e. The monoisotopic (exact) mass is 492 g/mol. The van der Waals surface area contributed by atoms with Crippen molar-refractivity contribution in [3.63, 3.8) is 0 Å². The Kier molecular flexibility index (Phi) is 7.45. The van der Waals surface area contributed by atoms with E-state index in [1.807, 2.05) is 18.2 Å². The van der Waals surface area contributed by atoms with E-state index in [1.54, 1.807) is 43.5 Å². The Labute approximate surface area is 210 Å². The van der Waals surface area contributed by atoms with E-state index in [9.17, 15) is 9.59 Å². The molecule has 184 valence electrons. The van der Waals surface area contributed by atoms with Crippen molar-refractivity contribution in [2.75, 3.05) is 24.4 Å². The lowest BCUT2D eigenvalue weighted by atomic mass is 9.72. The second kappa shape index (κ2) is 10.5. The number of hydrogen-bond donors (Lipinski definition) is 2. The van der Waals surface area contributed by atoms with Crippen molar-refractivity contribution in [2.45, 2.75) is 40.0 Å². The molecule has 0 spiro atoms. The Morgan fingerprint density at radius 2 is 1.71 bits per heavy atom. The van der Waals surface area contributed by atoms with Crippen LogP contribution in [0.5, 0.6) is 11.5 Å². The van der Waals surface area contributed by atoms with Gasteiger partial charge in [-0.05, 0) is 72.6 Å². The molecule has 1 unspecified atom stereocenters. The fourth-order valence-electron chi connectivity index (χ4n) is 4.35. The van der Waals surface area contributed by atoms with Crippen molar-refractivity contribution in [2.24, 2.45) is 11.3 Å². The molecule has 0 bridgehead atoms. The second-order valence-electron chi connectivity index (χ2n) is 9.85. The lowest BCUT2D eigenvalue weighted by molar-refractivity contribution is -0.118. The third-order valence-corrected chi connectivity index (χ3v) is 7.60. The predicted molar refractivity (Wildman–Crippen MR) is 141 cm³/mol. The molecule has 3 aromatic rings. The Hall–Kier alpha value is -3.32. The number of benzene rings is 2. The third kappa shape index (κ3) is 6.03. The van der Waals surface area contributed by atoms with Crippen LogP contribution in [0.3, 0.4) is 0 Å². The van der Waals surface area contributed by atoms with Gasteiger partial charge in [-0.2, -0.15) is 0 Å². The summed E-state index contributed by atoms with van der Waals surface area (Å²) in [7, 11) is 1.60. The number of hydrogen-bond acceptors (Lipinski definition) is 5. The van der Waals surface area contributed by atoms with E-state index < -0.39 is 0 Å². The molecular formula is C28H32N2O4S. The summed E-state index contributed by atoms with van der Waals surface area (Å²) in [6.07, 6.45) is 2.73. The van der Waals surface area contributed by atoms with Crippen LogP contribution >= 0.6 is 11.3 Å². The predicted octanol–water partition coefficient (Wildman–Crippen LogP) is 6.18. The molecule has 2 aromatic carbocycles. The van der Waals surface area contributed by atoms with Crippen molar-refractivity contribution in [3.05, 3.63) is 70.6 Å². The first kappa shape index (κ1) is 24.8. The molecular weight excluding hydrogens is 460 g/mol. The summed E-state index contributed by atoms with van der Waals surface area (Å²) < 4.78 is 10.8. The summed E-state index contributed by atoms with van der Waals surface area (Å²) in [4.78, 5) is 27.4. The van der Waals surface area contributed by atoms with Gasteiger partial charge >= 0.3 is 0 Å². The van der Waals surface area contributed by atoms with Gasteiger partial charge in [-0.3, -0.25) is 9.59 Å². The summed E-state index contributed by atoms with van der Waals surface area (Å²) in [6, 6.07) is 16.4. The maximum absolute atomic E-state index is 13.4. The molecule has 1 aromatic heterocycles. The average Bonchev–Trinajstić information content (AvgIpc) is 3.20. The average molecular weight is 493 g/mol. The molecule has 0 saturated carbocycles. The molecule has 1 heterocycles. The zero-order chi connectivity index (χ0) is 25.0. The number of carbonyl (C=O) groups excluding carboxylic acids is 2. The Morgan fingerprint density at radius 3 is 2.37 bits per heavy atom. The Bertz CT molecular complexity index is 1180. The van der Waals surface area contributed by atoms with E-state index in [0.29, 0.717) is 27.9 Å². The lowest BCUT2D eigenvalue weighted by Crippen LogP contribution is -2.27. The van der Waals surface area contributed by atoms with Crippen LogP contribution in [0.25, 0.3) is 0 Å². The van der Waals surface area contributed by atoms with Crippen LogP contribution in [-0.4, -0.2) is 25.5 Å². The molecule has 4 rings (SSSR count). The van der Waals surface area contributed by atoms with Crippen molar-refractivity contribution in [3.8, 4) is 11.5 Å². The van der Waals surface area contributed by atoms with Crippen LogP contribution in [-0.2, 0) is 17.6 Å². The van der Waals surface area contributed by atoms with E-state index in [-0.39, 0.29) is 23.8 Å². The number of fused-ring (bicyclic) bond motifs is 1. The van der Waals surface area contributed by atoms with Crippen LogP contribution in [0, 0.1) is 11.3 Å². The SMILES string of the molecule is COc1ccc(NC(=O)c2c(NC(=O)COc3ccccc3)sc3c2CCC(C(C)(C)C)C3)cc1. The first-order valence-electron chi connectivity index (χ1n) is 11.8. The maximum Gasteiger partial charge on any atom is 0.262 e. The van der Waals surface area contributed by atoms with Crippen LogP contribution in [0.2, 0.25) is 0 Å². The maximum atomic E-state index is 13.4. The normalized spacial score (nSPS) is 15.1. The fraction of sp³-hybridized carbons (Fsp3) is 0.357. The second-order valence-corrected chi connectivity index (χ2v) is 11.0. The van der Waals surface area contributed by atoms with Gasteiger partial charge < -0.3 is 20.1 Å². The zero-order valence-corrected chi connectivity index (χ0v) is 21.5. The number of anilines is 2. The molecule has 6 nitrogen and oxygen atoms in total. The minimum absolute atomic E-state index is 0.128. The van der Waals surface area contributed by atoms with Crippen molar-refractivity contribution in [1.29, 1.82) is 0 Å². The summed E-state index contributed by atoms with van der Waals surface area (Å²) >= 11 is 1.51. The number of thiophene rings is 1. The van der Waals surface area contributed by atoms with Gasteiger partial charge in [-0.1, -0.05) is 39.0 Å². The first-order chi connectivity index (χ1) is 16.7. The number of para-hydroxylation sites is 1. The highest BCUT2D eigenvalue weighted by molar-refractivity contribution is 7.17. The van der Waals surface area contributed by atoms with Gasteiger partial charge in [-0.15, -0.1) is 11.3 Å². The highest BCUT2D eigenvalue weighted by atomic mass is 32.1. The van der Waals surface area contributed by atoms with E-state index in [1.165, 1.54) is 16.2 Å². The minimum Gasteiger partial charge on any atom is -0.497 e. The largest absolute Gasteiger partial charge is 0.497 e. The molecule has 0 saturated heterocycles. The number of nitrogens with one attached hydrogen (secondary N) is 2. The first-order valence-corrected chi connectivity index (χ1v) is 12.6. The molecule has 7 heteroatoms. The van der Waals surface area contributed by atoms with Crippen LogP contribution in [0.1, 0.15) is 48.0 Å². The molecule has 0 radical (unpaired) electrons. The van der Waals surface area contributed by atoms with E-state index in [2.05, 4.69) is 31.4 Å². The summed E-state index contributed by atoms with van der Waals surface area (Å²) in [5.41, 5.74) is 2.45. The van der Waals surface area contributed by atoms with Crippen LogP contribution < -0.4 is 20.1 Å². The van der Waals surface area contributed by atoms with Gasteiger partial charge in [-0.25, -0.2) is 0 Å².